The second kappa shape index (κ2) is 9.41. The molecule has 26 heavy (non-hydrogen) atoms. The predicted octanol–water partition coefficient (Wildman–Crippen LogP) is 2.35. The highest BCUT2D eigenvalue weighted by Crippen LogP contribution is 2.16. The van der Waals surface area contributed by atoms with Crippen molar-refractivity contribution in [2.75, 3.05) is 18.5 Å². The fourth-order valence-electron chi connectivity index (χ4n) is 2.35. The Labute approximate surface area is 152 Å². The van der Waals surface area contributed by atoms with Crippen LogP contribution >= 0.6 is 0 Å². The predicted molar refractivity (Wildman–Crippen MR) is 98.0 cm³/mol. The van der Waals surface area contributed by atoms with E-state index in [0.29, 0.717) is 16.9 Å². The van der Waals surface area contributed by atoms with Crippen LogP contribution in [0.1, 0.15) is 40.6 Å². The summed E-state index contributed by atoms with van der Waals surface area (Å²) in [6, 6.07) is 10.2. The lowest BCUT2D eigenvalue weighted by atomic mass is 10.1. The Bertz CT molecular complexity index is 783. The number of hydrogen-bond acceptors (Lipinski definition) is 5. The molecule has 0 atom stereocenters. The van der Waals surface area contributed by atoms with Crippen molar-refractivity contribution in [3.8, 4) is 0 Å². The number of aryl methyl sites for hydroxylation is 1. The van der Waals surface area contributed by atoms with Crippen molar-refractivity contribution in [1.82, 2.24) is 9.88 Å². The molecule has 0 aliphatic rings. The Kier molecular flexibility index (Phi) is 6.96. The molecular weight excluding hydrogens is 334 g/mol. The standard InChI is InChI=1S/C19H23N3O4/c1-3-4-11-20-15-9-6-5-8-14(15)19(25)26-13-17(23)21-18(24)16-10-7-12-22(16)2/h5-10,12,20H,3-4,11,13H2,1-2H3,(H,21,23,24). The van der Waals surface area contributed by atoms with Gasteiger partial charge in [0.2, 0.25) is 0 Å². The molecule has 2 N–H and O–H groups in total. The summed E-state index contributed by atoms with van der Waals surface area (Å²) in [6.07, 6.45) is 3.71. The fraction of sp³-hybridized carbons (Fsp3) is 0.316. The Morgan fingerprint density at radius 2 is 1.88 bits per heavy atom. The summed E-state index contributed by atoms with van der Waals surface area (Å²) in [7, 11) is 1.70. The number of nitrogens with one attached hydrogen (secondary N) is 2. The number of carbonyl (C=O) groups is 3. The molecule has 0 saturated carbocycles. The Morgan fingerprint density at radius 1 is 1.12 bits per heavy atom. The third-order valence-corrected chi connectivity index (χ3v) is 3.76. The van der Waals surface area contributed by atoms with E-state index in [1.807, 2.05) is 6.07 Å². The van der Waals surface area contributed by atoms with Crippen LogP contribution in [0.15, 0.2) is 42.6 Å². The summed E-state index contributed by atoms with van der Waals surface area (Å²) >= 11 is 0. The molecule has 0 fully saturated rings. The van der Waals surface area contributed by atoms with Gasteiger partial charge in [0.1, 0.15) is 5.69 Å². The number of esters is 1. The van der Waals surface area contributed by atoms with Crippen molar-refractivity contribution in [3.05, 3.63) is 53.9 Å². The SMILES string of the molecule is CCCCNc1ccccc1C(=O)OCC(=O)NC(=O)c1cccn1C. The smallest absolute Gasteiger partial charge is 0.340 e. The molecule has 0 saturated heterocycles. The Balaban J connectivity index is 1.89. The molecule has 1 aromatic heterocycles. The minimum absolute atomic E-state index is 0.343. The summed E-state index contributed by atoms with van der Waals surface area (Å²) in [5.41, 5.74) is 1.35. The number of unbranched alkanes of at least 4 members (excludes halogenated alkanes) is 1. The molecule has 1 heterocycles. The number of para-hydroxylation sites is 1. The van der Waals surface area contributed by atoms with Gasteiger partial charge in [-0.25, -0.2) is 4.79 Å². The van der Waals surface area contributed by atoms with Gasteiger partial charge < -0.3 is 14.6 Å². The van der Waals surface area contributed by atoms with Gasteiger partial charge in [0.25, 0.3) is 11.8 Å². The second-order valence-electron chi connectivity index (χ2n) is 5.78. The van der Waals surface area contributed by atoms with Crippen LogP contribution in [-0.4, -0.2) is 35.5 Å². The summed E-state index contributed by atoms with van der Waals surface area (Å²) in [4.78, 5) is 36.0. The zero-order valence-electron chi connectivity index (χ0n) is 15.0. The molecule has 0 unspecified atom stereocenters. The summed E-state index contributed by atoms with van der Waals surface area (Å²) in [6.45, 7) is 2.29. The number of rotatable bonds is 8. The molecule has 0 aliphatic heterocycles. The third kappa shape index (κ3) is 5.20. The minimum atomic E-state index is -0.680. The van der Waals surface area contributed by atoms with E-state index in [-0.39, 0.29) is 0 Å². The number of anilines is 1. The highest BCUT2D eigenvalue weighted by Gasteiger charge is 2.16. The summed E-state index contributed by atoms with van der Waals surface area (Å²) in [5.74, 6) is -1.84. The number of hydrogen-bond donors (Lipinski definition) is 2. The molecule has 0 bridgehead atoms. The molecule has 2 amide bonds. The number of nitrogens with zero attached hydrogens (tertiary/aromatic N) is 1. The van der Waals surface area contributed by atoms with Crippen LogP contribution < -0.4 is 10.6 Å². The average molecular weight is 357 g/mol. The van der Waals surface area contributed by atoms with Crippen molar-refractivity contribution in [3.63, 3.8) is 0 Å². The van der Waals surface area contributed by atoms with Crippen LogP contribution in [0.2, 0.25) is 0 Å². The second-order valence-corrected chi connectivity index (χ2v) is 5.78. The van der Waals surface area contributed by atoms with Gasteiger partial charge in [-0.2, -0.15) is 0 Å². The monoisotopic (exact) mass is 357 g/mol. The van der Waals surface area contributed by atoms with Crippen molar-refractivity contribution >= 4 is 23.5 Å². The number of ether oxygens (including phenoxy) is 1. The van der Waals surface area contributed by atoms with E-state index in [0.717, 1.165) is 19.4 Å². The molecule has 1 aromatic carbocycles. The van der Waals surface area contributed by atoms with Crippen LogP contribution in [0.3, 0.4) is 0 Å². The molecular formula is C19H23N3O4. The molecule has 0 spiro atoms. The van der Waals surface area contributed by atoms with E-state index in [1.165, 1.54) is 0 Å². The van der Waals surface area contributed by atoms with Crippen molar-refractivity contribution < 1.29 is 19.1 Å². The van der Waals surface area contributed by atoms with E-state index < -0.39 is 24.4 Å². The highest BCUT2D eigenvalue weighted by atomic mass is 16.5. The van der Waals surface area contributed by atoms with Gasteiger partial charge >= 0.3 is 5.97 Å². The van der Waals surface area contributed by atoms with E-state index in [4.69, 9.17) is 4.74 Å². The van der Waals surface area contributed by atoms with Crippen LogP contribution in [-0.2, 0) is 16.6 Å². The van der Waals surface area contributed by atoms with Crippen LogP contribution in [0.4, 0.5) is 5.69 Å². The lowest BCUT2D eigenvalue weighted by Crippen LogP contribution is -2.35. The van der Waals surface area contributed by atoms with Crippen molar-refractivity contribution in [1.29, 1.82) is 0 Å². The van der Waals surface area contributed by atoms with E-state index >= 15 is 0 Å². The van der Waals surface area contributed by atoms with Crippen LogP contribution in [0.25, 0.3) is 0 Å². The van der Waals surface area contributed by atoms with Gasteiger partial charge in [-0.3, -0.25) is 14.9 Å². The Hall–Kier alpha value is -3.09. The quantitative estimate of drug-likeness (QED) is 0.559. The third-order valence-electron chi connectivity index (χ3n) is 3.76. The first-order chi connectivity index (χ1) is 12.5. The average Bonchev–Trinajstić information content (AvgIpc) is 3.06. The van der Waals surface area contributed by atoms with Gasteiger partial charge in [0, 0.05) is 25.5 Å². The number of benzene rings is 1. The molecule has 7 nitrogen and oxygen atoms in total. The molecule has 2 aromatic rings. The fourth-order valence-corrected chi connectivity index (χ4v) is 2.35. The maximum atomic E-state index is 12.2. The number of aromatic nitrogens is 1. The number of imide groups is 1. The largest absolute Gasteiger partial charge is 0.452 e. The van der Waals surface area contributed by atoms with Gasteiger partial charge in [0.05, 0.1) is 5.56 Å². The number of amides is 2. The van der Waals surface area contributed by atoms with Crippen LogP contribution in [0, 0.1) is 0 Å². The van der Waals surface area contributed by atoms with Gasteiger partial charge in [0.15, 0.2) is 6.61 Å². The molecule has 0 radical (unpaired) electrons. The molecule has 7 heteroatoms. The lowest BCUT2D eigenvalue weighted by Gasteiger charge is -2.11. The first-order valence-electron chi connectivity index (χ1n) is 8.48. The zero-order valence-corrected chi connectivity index (χ0v) is 15.0. The molecule has 2 rings (SSSR count). The Morgan fingerprint density at radius 3 is 2.58 bits per heavy atom. The van der Waals surface area contributed by atoms with Crippen molar-refractivity contribution in [2.24, 2.45) is 7.05 Å². The first-order valence-corrected chi connectivity index (χ1v) is 8.48. The van der Waals surface area contributed by atoms with E-state index in [2.05, 4.69) is 17.6 Å². The lowest BCUT2D eigenvalue weighted by molar-refractivity contribution is -0.123. The van der Waals surface area contributed by atoms with Gasteiger partial charge in [-0.1, -0.05) is 25.5 Å². The van der Waals surface area contributed by atoms with Crippen molar-refractivity contribution in [2.45, 2.75) is 19.8 Å². The zero-order chi connectivity index (χ0) is 18.9. The van der Waals surface area contributed by atoms with E-state index in [1.54, 1.807) is 48.1 Å². The topological polar surface area (TPSA) is 89.4 Å². The molecule has 138 valence electrons. The summed E-state index contributed by atoms with van der Waals surface area (Å²) < 4.78 is 6.63. The normalized spacial score (nSPS) is 10.2. The van der Waals surface area contributed by atoms with Crippen LogP contribution in [0.5, 0.6) is 0 Å². The van der Waals surface area contributed by atoms with Gasteiger partial charge in [-0.05, 0) is 30.7 Å². The maximum Gasteiger partial charge on any atom is 0.340 e. The van der Waals surface area contributed by atoms with E-state index in [9.17, 15) is 14.4 Å². The minimum Gasteiger partial charge on any atom is -0.452 e. The maximum absolute atomic E-state index is 12.2. The number of carbonyl (C=O) groups excluding carboxylic acids is 3. The molecule has 0 aliphatic carbocycles. The van der Waals surface area contributed by atoms with Gasteiger partial charge in [-0.15, -0.1) is 0 Å². The highest BCUT2D eigenvalue weighted by molar-refractivity contribution is 6.05. The summed E-state index contributed by atoms with van der Waals surface area (Å²) in [5, 5.41) is 5.38. The first kappa shape index (κ1) is 19.2.